The monoisotopic (exact) mass is 405 g/mol. The Labute approximate surface area is 161 Å². The first-order valence-corrected chi connectivity index (χ1v) is 11.9. The Kier molecular flexibility index (Phi) is 8.81. The highest BCUT2D eigenvalue weighted by atomic mass is 28.3. The van der Waals surface area contributed by atoms with E-state index in [-0.39, 0.29) is 13.0 Å². The minimum absolute atomic E-state index is 0.0542. The van der Waals surface area contributed by atoms with Gasteiger partial charge in [-0.15, -0.1) is 0 Å². The van der Waals surface area contributed by atoms with Gasteiger partial charge in [-0.05, 0) is 30.5 Å². The van der Waals surface area contributed by atoms with Crippen LogP contribution in [0.25, 0.3) is 0 Å². The van der Waals surface area contributed by atoms with Crippen molar-refractivity contribution < 1.29 is 27.1 Å². The number of hydrogen-bond donors (Lipinski definition) is 1. The summed E-state index contributed by atoms with van der Waals surface area (Å²) in [6.07, 6.45) is -6.82. The fraction of sp³-hybridized carbons (Fsp3) is 0.632. The zero-order chi connectivity index (χ0) is 20.7. The molecule has 0 radical (unpaired) electrons. The van der Waals surface area contributed by atoms with Gasteiger partial charge in [0.05, 0.1) is 12.1 Å². The van der Waals surface area contributed by atoms with Crippen molar-refractivity contribution in [3.8, 4) is 0 Å². The average Bonchev–Trinajstić information content (AvgIpc) is 2.54. The number of hydrogen-bond acceptors (Lipinski definition) is 3. The minimum atomic E-state index is -4.30. The second-order valence-corrected chi connectivity index (χ2v) is 10.3. The fourth-order valence-corrected chi connectivity index (χ4v) is 3.91. The maximum atomic E-state index is 12.8. The first-order valence-electron chi connectivity index (χ1n) is 9.08. The van der Waals surface area contributed by atoms with Crippen LogP contribution in [0, 0.1) is 5.41 Å². The van der Waals surface area contributed by atoms with Crippen LogP contribution >= 0.6 is 0 Å². The number of ether oxygens (including phenoxy) is 1. The summed E-state index contributed by atoms with van der Waals surface area (Å²) in [7, 11) is -1.54. The normalized spacial score (nSPS) is 14.7. The molecule has 0 aliphatic rings. The summed E-state index contributed by atoms with van der Waals surface area (Å²) in [4.78, 5) is 12.2. The Bertz CT molecular complexity index is 574. The van der Waals surface area contributed by atoms with Crippen LogP contribution in [0.4, 0.5) is 18.0 Å². The van der Waals surface area contributed by atoms with Crippen molar-refractivity contribution in [1.29, 1.82) is 0 Å². The van der Waals surface area contributed by atoms with Gasteiger partial charge in [-0.1, -0.05) is 51.1 Å². The van der Waals surface area contributed by atoms with Crippen LogP contribution in [-0.4, -0.2) is 33.5 Å². The van der Waals surface area contributed by atoms with Gasteiger partial charge in [-0.3, -0.25) is 0 Å². The molecule has 0 aromatic heterocycles. The SMILES string of the molecule is C[SiH](C)OC(C(CCC(F)(F)F)NC(=O)OCc1ccccc1)C(C)(C)C. The molecule has 0 aliphatic carbocycles. The molecule has 1 N–H and O–H groups in total. The summed E-state index contributed by atoms with van der Waals surface area (Å²) in [5.74, 6) is 0. The highest BCUT2D eigenvalue weighted by Gasteiger charge is 2.38. The van der Waals surface area contributed by atoms with E-state index >= 15 is 0 Å². The van der Waals surface area contributed by atoms with E-state index in [0.717, 1.165) is 5.56 Å². The molecule has 0 aliphatic heterocycles. The molecule has 8 heteroatoms. The van der Waals surface area contributed by atoms with Crippen LogP contribution in [0.3, 0.4) is 0 Å². The number of rotatable bonds is 8. The van der Waals surface area contributed by atoms with E-state index in [1.54, 1.807) is 12.1 Å². The number of alkyl carbamates (subject to hydrolysis) is 1. The van der Waals surface area contributed by atoms with Crippen molar-refractivity contribution in [2.24, 2.45) is 5.41 Å². The molecular weight excluding hydrogens is 375 g/mol. The lowest BCUT2D eigenvalue weighted by atomic mass is 9.83. The molecule has 1 rings (SSSR count). The van der Waals surface area contributed by atoms with Crippen LogP contribution < -0.4 is 5.32 Å². The predicted molar refractivity (Wildman–Crippen MR) is 102 cm³/mol. The smallest absolute Gasteiger partial charge is 0.407 e. The van der Waals surface area contributed by atoms with Crippen LogP contribution in [0.1, 0.15) is 39.2 Å². The number of halogens is 3. The summed E-state index contributed by atoms with van der Waals surface area (Å²) < 4.78 is 49.5. The topological polar surface area (TPSA) is 47.6 Å². The van der Waals surface area contributed by atoms with Gasteiger partial charge in [0.25, 0.3) is 0 Å². The molecule has 1 aromatic carbocycles. The van der Waals surface area contributed by atoms with Crippen molar-refractivity contribution in [1.82, 2.24) is 5.32 Å². The number of nitrogens with one attached hydrogen (secondary N) is 1. The third-order valence-corrected chi connectivity index (χ3v) is 4.73. The molecule has 2 unspecified atom stereocenters. The summed E-state index contributed by atoms with van der Waals surface area (Å²) >= 11 is 0. The first kappa shape index (κ1) is 23.5. The van der Waals surface area contributed by atoms with E-state index < -0.39 is 45.3 Å². The third-order valence-electron chi connectivity index (χ3n) is 3.89. The lowest BCUT2D eigenvalue weighted by Gasteiger charge is -2.38. The maximum absolute atomic E-state index is 12.8. The van der Waals surface area contributed by atoms with Crippen molar-refractivity contribution >= 4 is 15.1 Å². The van der Waals surface area contributed by atoms with Gasteiger partial charge in [0.1, 0.15) is 6.61 Å². The van der Waals surface area contributed by atoms with Crippen molar-refractivity contribution in [3.63, 3.8) is 0 Å². The van der Waals surface area contributed by atoms with Gasteiger partial charge >= 0.3 is 12.3 Å². The molecule has 0 saturated heterocycles. The van der Waals surface area contributed by atoms with Gasteiger partial charge in [-0.25, -0.2) is 4.79 Å². The summed E-state index contributed by atoms with van der Waals surface area (Å²) in [6, 6.07) is 8.31. The average molecular weight is 406 g/mol. The fourth-order valence-electron chi connectivity index (χ4n) is 2.73. The summed E-state index contributed by atoms with van der Waals surface area (Å²) in [5, 5.41) is 2.61. The molecule has 0 fully saturated rings. The van der Waals surface area contributed by atoms with E-state index in [9.17, 15) is 18.0 Å². The standard InChI is InChI=1S/C19H30F3NO3Si/c1-18(2,3)16(26-27(4)5)15(11-12-19(20,21)22)23-17(24)25-13-14-9-7-6-8-10-14/h6-10,15-16,27H,11-13H2,1-5H3,(H,23,24). The number of alkyl halides is 3. The van der Waals surface area contributed by atoms with E-state index in [2.05, 4.69) is 5.32 Å². The lowest BCUT2D eigenvalue weighted by molar-refractivity contribution is -0.138. The number of benzene rings is 1. The highest BCUT2D eigenvalue weighted by molar-refractivity contribution is 6.48. The molecular formula is C19H30F3NO3Si. The zero-order valence-electron chi connectivity index (χ0n) is 16.6. The van der Waals surface area contributed by atoms with Gasteiger partial charge in [-0.2, -0.15) is 13.2 Å². The molecule has 4 nitrogen and oxygen atoms in total. The Balaban J connectivity index is 2.83. The molecule has 0 heterocycles. The molecule has 27 heavy (non-hydrogen) atoms. The molecule has 0 saturated carbocycles. The Morgan fingerprint density at radius 2 is 1.74 bits per heavy atom. The largest absolute Gasteiger partial charge is 0.445 e. The van der Waals surface area contributed by atoms with E-state index in [4.69, 9.17) is 9.16 Å². The van der Waals surface area contributed by atoms with Gasteiger partial charge in [0, 0.05) is 6.42 Å². The van der Waals surface area contributed by atoms with Crippen LogP contribution in [0.15, 0.2) is 30.3 Å². The van der Waals surface area contributed by atoms with E-state index in [1.165, 1.54) is 0 Å². The van der Waals surface area contributed by atoms with Gasteiger partial charge in [0.2, 0.25) is 0 Å². The number of carbonyl (C=O) groups is 1. The van der Waals surface area contributed by atoms with Gasteiger partial charge in [0.15, 0.2) is 9.04 Å². The zero-order valence-corrected chi connectivity index (χ0v) is 17.8. The van der Waals surface area contributed by atoms with Crippen molar-refractivity contribution in [2.75, 3.05) is 0 Å². The van der Waals surface area contributed by atoms with Crippen molar-refractivity contribution in [2.45, 2.75) is 71.6 Å². The molecule has 1 amide bonds. The molecule has 1 aromatic rings. The molecule has 2 atom stereocenters. The minimum Gasteiger partial charge on any atom is -0.445 e. The highest BCUT2D eigenvalue weighted by Crippen LogP contribution is 2.30. The second-order valence-electron chi connectivity index (χ2n) is 7.94. The third kappa shape index (κ3) is 9.81. The van der Waals surface area contributed by atoms with Crippen LogP contribution in [0.5, 0.6) is 0 Å². The summed E-state index contributed by atoms with van der Waals surface area (Å²) in [6.45, 7) is 9.64. The first-order chi connectivity index (χ1) is 12.4. The molecule has 0 bridgehead atoms. The van der Waals surface area contributed by atoms with Crippen molar-refractivity contribution in [3.05, 3.63) is 35.9 Å². The predicted octanol–water partition coefficient (Wildman–Crippen LogP) is 5.04. The Hall–Kier alpha value is -1.54. The second kappa shape index (κ2) is 10.1. The number of amides is 1. The maximum Gasteiger partial charge on any atom is 0.407 e. The lowest BCUT2D eigenvalue weighted by Crippen LogP contribution is -2.52. The molecule has 0 spiro atoms. The van der Waals surface area contributed by atoms with Gasteiger partial charge < -0.3 is 14.5 Å². The quantitative estimate of drug-likeness (QED) is 0.617. The Morgan fingerprint density at radius 1 is 1.15 bits per heavy atom. The Morgan fingerprint density at radius 3 is 2.22 bits per heavy atom. The number of carbonyl (C=O) groups excluding carboxylic acids is 1. The van der Waals surface area contributed by atoms with Crippen LogP contribution in [-0.2, 0) is 15.8 Å². The van der Waals surface area contributed by atoms with E-state index in [1.807, 2.05) is 52.1 Å². The molecule has 154 valence electrons. The van der Waals surface area contributed by atoms with E-state index in [0.29, 0.717) is 0 Å². The summed E-state index contributed by atoms with van der Waals surface area (Å²) in [5.41, 5.74) is 0.373. The van der Waals surface area contributed by atoms with Crippen LogP contribution in [0.2, 0.25) is 13.1 Å².